The van der Waals surface area contributed by atoms with Gasteiger partial charge in [-0.15, -0.1) is 11.3 Å². The molecular formula is C60H43N3S. The summed E-state index contributed by atoms with van der Waals surface area (Å²) in [6.45, 7) is 2.33. The second-order valence-electron chi connectivity index (χ2n) is 16.3. The van der Waals surface area contributed by atoms with E-state index in [2.05, 4.69) is 237 Å². The predicted octanol–water partition coefficient (Wildman–Crippen LogP) is 16.1. The van der Waals surface area contributed by atoms with E-state index < -0.39 is 0 Å². The minimum atomic E-state index is 0.0517. The lowest BCUT2D eigenvalue weighted by atomic mass is 9.73. The van der Waals surface area contributed by atoms with Crippen LogP contribution in [0.1, 0.15) is 24.2 Å². The van der Waals surface area contributed by atoms with E-state index in [0.29, 0.717) is 17.5 Å². The number of aromatic nitrogens is 3. The van der Waals surface area contributed by atoms with Crippen LogP contribution in [0.2, 0.25) is 0 Å². The van der Waals surface area contributed by atoms with Crippen LogP contribution in [0.3, 0.4) is 0 Å². The van der Waals surface area contributed by atoms with Gasteiger partial charge in [-0.3, -0.25) is 0 Å². The molecule has 0 aliphatic heterocycles. The van der Waals surface area contributed by atoms with Gasteiger partial charge in [-0.1, -0.05) is 219 Å². The zero-order valence-corrected chi connectivity index (χ0v) is 36.2. The van der Waals surface area contributed by atoms with Gasteiger partial charge in [-0.2, -0.15) is 0 Å². The van der Waals surface area contributed by atoms with Crippen molar-refractivity contribution in [3.63, 3.8) is 0 Å². The summed E-state index contributed by atoms with van der Waals surface area (Å²) in [7, 11) is 0. The lowest BCUT2D eigenvalue weighted by molar-refractivity contribution is 0.638. The maximum absolute atomic E-state index is 5.31. The normalized spacial score (nSPS) is 14.7. The van der Waals surface area contributed by atoms with Gasteiger partial charge in [0, 0.05) is 21.8 Å². The summed E-state index contributed by atoms with van der Waals surface area (Å²) in [4.78, 5) is 16.8. The first-order valence-electron chi connectivity index (χ1n) is 21.9. The molecule has 0 fully saturated rings. The Balaban J connectivity index is 1.10. The van der Waals surface area contributed by atoms with Crippen molar-refractivity contribution in [2.24, 2.45) is 5.92 Å². The average molecular weight is 838 g/mol. The molecule has 8 aromatic carbocycles. The minimum Gasteiger partial charge on any atom is -0.208 e. The van der Waals surface area contributed by atoms with Crippen molar-refractivity contribution in [2.45, 2.75) is 12.8 Å². The summed E-state index contributed by atoms with van der Waals surface area (Å²) >= 11 is 1.72. The molecule has 0 saturated heterocycles. The van der Waals surface area contributed by atoms with Crippen LogP contribution < -0.4 is 0 Å². The van der Waals surface area contributed by atoms with Gasteiger partial charge in [0.1, 0.15) is 0 Å². The highest BCUT2D eigenvalue weighted by molar-refractivity contribution is 7.22. The average Bonchev–Trinajstić information content (AvgIpc) is 3.82. The molecule has 0 bridgehead atoms. The number of rotatable bonds is 9. The van der Waals surface area contributed by atoms with Crippen molar-refractivity contribution in [1.82, 2.24) is 15.0 Å². The van der Waals surface area contributed by atoms with Crippen LogP contribution in [-0.2, 0) is 0 Å². The third-order valence-electron chi connectivity index (χ3n) is 12.3. The quantitative estimate of drug-likeness (QED) is 0.145. The first-order chi connectivity index (χ1) is 31.7. The molecule has 11 rings (SSSR count). The Bertz CT molecular complexity index is 3290. The summed E-state index contributed by atoms with van der Waals surface area (Å²) in [6.07, 6.45) is 6.99. The van der Waals surface area contributed by atoms with E-state index in [1.165, 1.54) is 60.2 Å². The molecule has 2 atom stereocenters. The van der Waals surface area contributed by atoms with E-state index in [1.54, 1.807) is 11.3 Å². The second kappa shape index (κ2) is 17.2. The van der Waals surface area contributed by atoms with E-state index in [-0.39, 0.29) is 11.8 Å². The van der Waals surface area contributed by atoms with E-state index in [4.69, 9.17) is 15.0 Å². The Morgan fingerprint density at radius 3 is 1.50 bits per heavy atom. The first kappa shape index (κ1) is 39.1. The largest absolute Gasteiger partial charge is 0.208 e. The molecular weight excluding hydrogens is 795 g/mol. The van der Waals surface area contributed by atoms with Gasteiger partial charge in [-0.25, -0.2) is 15.0 Å². The van der Waals surface area contributed by atoms with Gasteiger partial charge >= 0.3 is 0 Å². The molecule has 0 spiro atoms. The maximum atomic E-state index is 5.31. The lowest BCUT2D eigenvalue weighted by Crippen LogP contribution is -2.13. The summed E-state index contributed by atoms with van der Waals surface area (Å²) in [5.41, 5.74) is 15.1. The number of thiophene rings is 1. The van der Waals surface area contributed by atoms with Crippen LogP contribution >= 0.6 is 11.3 Å². The molecule has 2 aromatic heterocycles. The molecule has 1 aliphatic rings. The molecule has 0 N–H and O–H groups in total. The second-order valence-corrected chi connectivity index (χ2v) is 17.4. The molecule has 2 unspecified atom stereocenters. The third-order valence-corrected chi connectivity index (χ3v) is 13.4. The van der Waals surface area contributed by atoms with Crippen LogP contribution in [-0.4, -0.2) is 15.0 Å². The van der Waals surface area contributed by atoms with Gasteiger partial charge in [0.05, 0.1) is 4.88 Å². The lowest BCUT2D eigenvalue weighted by Gasteiger charge is -2.30. The van der Waals surface area contributed by atoms with E-state index in [1.807, 2.05) is 0 Å². The molecule has 1 aliphatic carbocycles. The molecule has 10 aromatic rings. The van der Waals surface area contributed by atoms with Crippen LogP contribution in [0.5, 0.6) is 0 Å². The van der Waals surface area contributed by atoms with Gasteiger partial charge < -0.3 is 0 Å². The van der Waals surface area contributed by atoms with Crippen LogP contribution in [0, 0.1) is 5.92 Å². The van der Waals surface area contributed by atoms with E-state index in [9.17, 15) is 0 Å². The molecule has 0 amide bonds. The van der Waals surface area contributed by atoms with Crippen LogP contribution in [0.15, 0.2) is 231 Å². The number of nitrogens with zero attached hydrogens (tertiary/aromatic N) is 3. The molecule has 4 heteroatoms. The zero-order valence-electron chi connectivity index (χ0n) is 35.3. The van der Waals surface area contributed by atoms with Crippen LogP contribution in [0.4, 0.5) is 0 Å². The fourth-order valence-corrected chi connectivity index (χ4v) is 10.3. The minimum absolute atomic E-state index is 0.0517. The van der Waals surface area contributed by atoms with Gasteiger partial charge in [-0.05, 0) is 90.7 Å². The molecule has 64 heavy (non-hydrogen) atoms. The Kier molecular flexibility index (Phi) is 10.5. The first-order valence-corrected chi connectivity index (χ1v) is 22.7. The van der Waals surface area contributed by atoms with Gasteiger partial charge in [0.15, 0.2) is 17.5 Å². The SMILES string of the molecule is CC1C=C(c2nc(-c3cc4ccccc4s3)nc(-c3ccccc3-c3ccccc3)n2)C=CC1c1cc(-c2ccccc2)c(-c2ccccc2)c(-c2ccccc2)c1-c1ccccc1. The molecule has 2 heterocycles. The van der Waals surface area contributed by atoms with Crippen molar-refractivity contribution in [3.05, 3.63) is 242 Å². The number of hydrogen-bond donors (Lipinski definition) is 0. The van der Waals surface area contributed by atoms with Crippen molar-refractivity contribution >= 4 is 27.0 Å². The Hall–Kier alpha value is -7.79. The maximum Gasteiger partial charge on any atom is 0.174 e. The monoisotopic (exact) mass is 837 g/mol. The zero-order chi connectivity index (χ0) is 42.8. The summed E-state index contributed by atoms with van der Waals surface area (Å²) in [5, 5.41) is 1.18. The van der Waals surface area contributed by atoms with Crippen molar-refractivity contribution in [1.29, 1.82) is 0 Å². The van der Waals surface area contributed by atoms with Gasteiger partial charge in [0.25, 0.3) is 0 Å². The topological polar surface area (TPSA) is 38.7 Å². The van der Waals surface area contributed by atoms with Gasteiger partial charge in [0.2, 0.25) is 0 Å². The predicted molar refractivity (Wildman–Crippen MR) is 269 cm³/mol. The summed E-state index contributed by atoms with van der Waals surface area (Å²) < 4.78 is 1.20. The van der Waals surface area contributed by atoms with Crippen molar-refractivity contribution in [3.8, 4) is 77.7 Å². The van der Waals surface area contributed by atoms with E-state index in [0.717, 1.165) is 27.1 Å². The fraction of sp³-hybridized carbons (Fsp3) is 0.0500. The summed E-state index contributed by atoms with van der Waals surface area (Å²) in [6, 6.07) is 75.7. The van der Waals surface area contributed by atoms with Crippen LogP contribution in [0.25, 0.3) is 93.4 Å². The number of allylic oxidation sites excluding steroid dienone is 4. The number of benzene rings is 8. The highest BCUT2D eigenvalue weighted by atomic mass is 32.1. The third kappa shape index (κ3) is 7.48. The number of fused-ring (bicyclic) bond motifs is 1. The molecule has 3 nitrogen and oxygen atoms in total. The van der Waals surface area contributed by atoms with Crippen molar-refractivity contribution in [2.75, 3.05) is 0 Å². The highest BCUT2D eigenvalue weighted by Gasteiger charge is 2.30. The number of hydrogen-bond acceptors (Lipinski definition) is 4. The Morgan fingerprint density at radius 1 is 0.406 bits per heavy atom. The molecule has 0 radical (unpaired) electrons. The Morgan fingerprint density at radius 2 is 0.891 bits per heavy atom. The Labute approximate surface area is 378 Å². The standard InChI is InChI=1S/C60H43N3S/c1-40-37-47(58-61-59(50-33-19-18-32-49(50)41-21-7-2-8-22-41)63-60(62-58)54-38-46-31-17-20-34-53(46)64-54)35-36-48(40)52-39-51(42-23-9-3-10-24-42)55(43-25-11-4-12-26-43)57(45-29-15-6-16-30-45)56(52)44-27-13-5-14-28-44/h2-40,48H,1H3. The summed E-state index contributed by atoms with van der Waals surface area (Å²) in [5.74, 6) is 2.15. The van der Waals surface area contributed by atoms with Crippen molar-refractivity contribution < 1.29 is 0 Å². The molecule has 0 saturated carbocycles. The van der Waals surface area contributed by atoms with E-state index >= 15 is 0 Å². The highest BCUT2D eigenvalue weighted by Crippen LogP contribution is 2.51. The smallest absolute Gasteiger partial charge is 0.174 e. The fourth-order valence-electron chi connectivity index (χ4n) is 9.26. The molecule has 304 valence electrons.